The number of aromatic nitrogens is 4. The normalized spacial score (nSPS) is 11.3. The van der Waals surface area contributed by atoms with Gasteiger partial charge < -0.3 is 4.74 Å². The molecule has 0 atom stereocenters. The number of para-hydroxylation sites is 1. The predicted molar refractivity (Wildman–Crippen MR) is 104 cm³/mol. The van der Waals surface area contributed by atoms with Crippen LogP contribution in [0.4, 0.5) is 0 Å². The summed E-state index contributed by atoms with van der Waals surface area (Å²) in [6.45, 7) is 3.68. The summed E-state index contributed by atoms with van der Waals surface area (Å²) in [6.07, 6.45) is 0. The maximum Gasteiger partial charge on any atom is 0.340 e. The number of carbonyl (C=O) groups is 1. The standard InChI is InChI=1S/C18H13ClN4O3S/c1-8-12-14-15(27-16(12)20-9(2)13(8)19)17(24)23(22-21-14)11-7-5-4-6-10(11)18(25)26-3/h4-7H,1-3H3. The molecule has 27 heavy (non-hydrogen) atoms. The molecule has 3 aromatic heterocycles. The largest absolute Gasteiger partial charge is 0.465 e. The Hall–Kier alpha value is -2.84. The third-order valence-electron chi connectivity index (χ3n) is 4.31. The van der Waals surface area contributed by atoms with Crippen molar-refractivity contribution < 1.29 is 9.53 Å². The molecule has 0 saturated heterocycles. The smallest absolute Gasteiger partial charge is 0.340 e. The van der Waals surface area contributed by atoms with Gasteiger partial charge in [-0.15, -0.1) is 16.4 Å². The Labute approximate surface area is 162 Å². The highest BCUT2D eigenvalue weighted by atomic mass is 35.5. The van der Waals surface area contributed by atoms with Gasteiger partial charge in [-0.3, -0.25) is 4.79 Å². The van der Waals surface area contributed by atoms with E-state index in [0.717, 1.165) is 15.6 Å². The van der Waals surface area contributed by atoms with Gasteiger partial charge in [-0.2, -0.15) is 4.68 Å². The monoisotopic (exact) mass is 400 g/mol. The first-order valence-corrected chi connectivity index (χ1v) is 9.16. The Morgan fingerprint density at radius 3 is 2.74 bits per heavy atom. The van der Waals surface area contributed by atoms with Crippen LogP contribution in [0.15, 0.2) is 29.1 Å². The zero-order chi connectivity index (χ0) is 19.3. The van der Waals surface area contributed by atoms with Gasteiger partial charge in [-0.05, 0) is 31.5 Å². The highest BCUT2D eigenvalue weighted by molar-refractivity contribution is 7.25. The number of halogens is 1. The summed E-state index contributed by atoms with van der Waals surface area (Å²) in [5.41, 5.74) is 2.11. The molecule has 0 aliphatic carbocycles. The van der Waals surface area contributed by atoms with Crippen LogP contribution in [0.1, 0.15) is 21.6 Å². The van der Waals surface area contributed by atoms with Crippen LogP contribution in [-0.2, 0) is 4.74 Å². The van der Waals surface area contributed by atoms with Gasteiger partial charge in [0.1, 0.15) is 15.0 Å². The summed E-state index contributed by atoms with van der Waals surface area (Å²) in [5, 5.41) is 9.56. The van der Waals surface area contributed by atoms with Gasteiger partial charge in [0.25, 0.3) is 5.56 Å². The van der Waals surface area contributed by atoms with E-state index in [4.69, 9.17) is 16.3 Å². The van der Waals surface area contributed by atoms with Crippen LogP contribution >= 0.6 is 22.9 Å². The average Bonchev–Trinajstić information content (AvgIpc) is 3.05. The van der Waals surface area contributed by atoms with Crippen LogP contribution in [0.25, 0.3) is 26.1 Å². The third-order valence-corrected chi connectivity index (χ3v) is 5.93. The summed E-state index contributed by atoms with van der Waals surface area (Å²) >= 11 is 7.54. The van der Waals surface area contributed by atoms with Crippen LogP contribution in [0.2, 0.25) is 5.02 Å². The van der Waals surface area contributed by atoms with E-state index in [1.165, 1.54) is 18.4 Å². The summed E-state index contributed by atoms with van der Waals surface area (Å²) < 4.78 is 6.30. The van der Waals surface area contributed by atoms with Crippen molar-refractivity contribution in [1.29, 1.82) is 0 Å². The van der Waals surface area contributed by atoms with E-state index in [1.807, 2.05) is 13.8 Å². The molecule has 9 heteroatoms. The minimum atomic E-state index is -0.560. The second kappa shape index (κ2) is 6.40. The predicted octanol–water partition coefficient (Wildman–Crippen LogP) is 3.45. The number of pyridine rings is 1. The van der Waals surface area contributed by atoms with Crippen molar-refractivity contribution in [2.24, 2.45) is 0 Å². The Balaban J connectivity index is 2.06. The fraction of sp³-hybridized carbons (Fsp3) is 0.167. The number of methoxy groups -OCH3 is 1. The minimum absolute atomic E-state index is 0.227. The molecule has 0 amide bonds. The molecule has 0 radical (unpaired) electrons. The lowest BCUT2D eigenvalue weighted by Crippen LogP contribution is -2.24. The number of thiophene rings is 1. The number of aryl methyl sites for hydroxylation is 2. The van der Waals surface area contributed by atoms with Gasteiger partial charge >= 0.3 is 5.97 Å². The van der Waals surface area contributed by atoms with Gasteiger partial charge in [-0.25, -0.2) is 9.78 Å². The van der Waals surface area contributed by atoms with Crippen LogP contribution in [0, 0.1) is 13.8 Å². The summed E-state index contributed by atoms with van der Waals surface area (Å²) in [5.74, 6) is -0.560. The van der Waals surface area contributed by atoms with E-state index < -0.39 is 5.97 Å². The molecule has 0 unspecified atom stereocenters. The Kier molecular flexibility index (Phi) is 4.16. The number of carbonyl (C=O) groups excluding carboxylic acids is 1. The topological polar surface area (TPSA) is 87.0 Å². The van der Waals surface area contributed by atoms with Crippen molar-refractivity contribution >= 4 is 49.3 Å². The summed E-state index contributed by atoms with van der Waals surface area (Å²) in [4.78, 5) is 30.3. The zero-order valence-electron chi connectivity index (χ0n) is 14.6. The highest BCUT2D eigenvalue weighted by Crippen LogP contribution is 2.35. The van der Waals surface area contributed by atoms with Crippen molar-refractivity contribution in [2.75, 3.05) is 7.11 Å². The van der Waals surface area contributed by atoms with Gasteiger partial charge in [-0.1, -0.05) is 28.9 Å². The Bertz CT molecular complexity index is 1300. The number of benzene rings is 1. The molecule has 0 saturated carbocycles. The van der Waals surface area contributed by atoms with Gasteiger partial charge in [0.15, 0.2) is 0 Å². The number of hydrogen-bond acceptors (Lipinski definition) is 7. The number of nitrogens with zero attached hydrogens (tertiary/aromatic N) is 4. The van der Waals surface area contributed by atoms with Crippen LogP contribution < -0.4 is 5.56 Å². The van der Waals surface area contributed by atoms with Gasteiger partial charge in [0.05, 0.1) is 29.1 Å². The van der Waals surface area contributed by atoms with E-state index in [-0.39, 0.29) is 11.1 Å². The maximum absolute atomic E-state index is 13.1. The number of esters is 1. The number of ether oxygens (including phenoxy) is 1. The molecule has 0 bridgehead atoms. The molecule has 1 aromatic carbocycles. The van der Waals surface area contributed by atoms with Crippen molar-refractivity contribution in [3.8, 4) is 5.69 Å². The van der Waals surface area contributed by atoms with E-state index in [2.05, 4.69) is 15.3 Å². The molecular weight excluding hydrogens is 388 g/mol. The van der Waals surface area contributed by atoms with E-state index >= 15 is 0 Å². The first-order chi connectivity index (χ1) is 12.9. The van der Waals surface area contributed by atoms with E-state index in [9.17, 15) is 9.59 Å². The second-order valence-electron chi connectivity index (χ2n) is 5.91. The Morgan fingerprint density at radius 2 is 2.00 bits per heavy atom. The number of hydrogen-bond donors (Lipinski definition) is 0. The van der Waals surface area contributed by atoms with Gasteiger partial charge in [0, 0.05) is 5.39 Å². The molecule has 136 valence electrons. The van der Waals surface area contributed by atoms with Crippen molar-refractivity contribution in [2.45, 2.75) is 13.8 Å². The van der Waals surface area contributed by atoms with Crippen molar-refractivity contribution in [1.82, 2.24) is 20.0 Å². The first kappa shape index (κ1) is 17.6. The highest BCUT2D eigenvalue weighted by Gasteiger charge is 2.21. The molecule has 4 rings (SSSR count). The summed E-state index contributed by atoms with van der Waals surface area (Å²) in [7, 11) is 1.28. The molecular formula is C18H13ClN4O3S. The van der Waals surface area contributed by atoms with Gasteiger partial charge in [0.2, 0.25) is 0 Å². The lowest BCUT2D eigenvalue weighted by atomic mass is 10.1. The molecule has 0 fully saturated rings. The van der Waals surface area contributed by atoms with Crippen LogP contribution in [-0.4, -0.2) is 33.1 Å². The molecule has 0 aliphatic heterocycles. The van der Waals surface area contributed by atoms with Crippen molar-refractivity contribution in [3.63, 3.8) is 0 Å². The zero-order valence-corrected chi connectivity index (χ0v) is 16.2. The van der Waals surface area contributed by atoms with Crippen LogP contribution in [0.3, 0.4) is 0 Å². The van der Waals surface area contributed by atoms with E-state index in [0.29, 0.717) is 31.5 Å². The lowest BCUT2D eigenvalue weighted by Gasteiger charge is -2.08. The molecule has 7 nitrogen and oxygen atoms in total. The first-order valence-electron chi connectivity index (χ1n) is 7.96. The fourth-order valence-corrected chi connectivity index (χ4v) is 4.25. The maximum atomic E-state index is 13.1. The number of fused-ring (bicyclic) bond motifs is 3. The summed E-state index contributed by atoms with van der Waals surface area (Å²) in [6, 6.07) is 6.58. The fourth-order valence-electron chi connectivity index (χ4n) is 2.98. The third kappa shape index (κ3) is 2.60. The quantitative estimate of drug-likeness (QED) is 0.479. The minimum Gasteiger partial charge on any atom is -0.465 e. The molecule has 3 heterocycles. The molecule has 0 aliphatic rings. The number of rotatable bonds is 2. The molecule has 0 N–H and O–H groups in total. The van der Waals surface area contributed by atoms with Crippen molar-refractivity contribution in [3.05, 3.63) is 56.5 Å². The SMILES string of the molecule is COC(=O)c1ccccc1-n1nnc2c(sc3nc(C)c(Cl)c(C)c32)c1=O. The van der Waals surface area contributed by atoms with Crippen LogP contribution in [0.5, 0.6) is 0 Å². The second-order valence-corrected chi connectivity index (χ2v) is 7.29. The lowest BCUT2D eigenvalue weighted by molar-refractivity contribution is 0.0600. The molecule has 0 spiro atoms. The average molecular weight is 401 g/mol. The molecule has 4 aromatic rings. The Morgan fingerprint density at radius 1 is 1.26 bits per heavy atom. The van der Waals surface area contributed by atoms with E-state index in [1.54, 1.807) is 24.3 Å².